The lowest BCUT2D eigenvalue weighted by molar-refractivity contribution is -0.642. The first-order valence-corrected chi connectivity index (χ1v) is 15.8. The van der Waals surface area contributed by atoms with Gasteiger partial charge in [-0.3, -0.25) is 0 Å². The second-order valence-corrected chi connectivity index (χ2v) is 16.0. The first-order valence-electron chi connectivity index (χ1n) is 12.3. The predicted molar refractivity (Wildman–Crippen MR) is 153 cm³/mol. The number of aromatic nitrogens is 1. The number of rotatable bonds is 1. The highest BCUT2D eigenvalue weighted by Crippen LogP contribution is 2.43. The average Bonchev–Trinajstić information content (AvgIpc) is 3.21. The number of pyridine rings is 1. The second kappa shape index (κ2) is 6.93. The molecule has 170 valence electrons. The van der Waals surface area contributed by atoms with Crippen molar-refractivity contribution in [3.8, 4) is 0 Å². The lowest BCUT2D eigenvalue weighted by Gasteiger charge is -2.19. The fourth-order valence-corrected chi connectivity index (χ4v) is 7.20. The van der Waals surface area contributed by atoms with Gasteiger partial charge < -0.3 is 4.42 Å². The molecule has 35 heavy (non-hydrogen) atoms. The second-order valence-electron chi connectivity index (χ2n) is 11.0. The van der Waals surface area contributed by atoms with E-state index in [4.69, 9.17) is 4.42 Å². The summed E-state index contributed by atoms with van der Waals surface area (Å²) in [7, 11) is 0.705. The topological polar surface area (TPSA) is 17.0 Å². The number of para-hydroxylation sites is 1. The minimum Gasteiger partial charge on any atom is -0.456 e. The van der Waals surface area contributed by atoms with Crippen molar-refractivity contribution in [3.05, 3.63) is 84.6 Å². The summed E-state index contributed by atoms with van der Waals surface area (Å²) in [5, 5.41) is 13.1. The first kappa shape index (κ1) is 20.7. The van der Waals surface area contributed by atoms with Gasteiger partial charge in [-0.15, -0.1) is 0 Å². The zero-order valence-electron chi connectivity index (χ0n) is 20.9. The van der Waals surface area contributed by atoms with Crippen molar-refractivity contribution < 1.29 is 8.98 Å². The van der Waals surface area contributed by atoms with Crippen LogP contribution in [0.5, 0.6) is 0 Å². The lowest BCUT2D eigenvalue weighted by Crippen LogP contribution is -2.37. The molecule has 0 atom stereocenters. The van der Waals surface area contributed by atoms with Crippen molar-refractivity contribution >= 4 is 78.4 Å². The van der Waals surface area contributed by atoms with Crippen molar-refractivity contribution in [3.63, 3.8) is 0 Å². The number of aryl methyl sites for hydroxylation is 2. The fourth-order valence-electron chi connectivity index (χ4n) is 6.04. The van der Waals surface area contributed by atoms with E-state index in [0.29, 0.717) is 0 Å². The van der Waals surface area contributed by atoms with Crippen LogP contribution in [0.4, 0.5) is 0 Å². The van der Waals surface area contributed by atoms with E-state index in [0.717, 1.165) is 11.2 Å². The van der Waals surface area contributed by atoms with Gasteiger partial charge in [-0.2, -0.15) is 4.57 Å². The molecule has 3 heteroatoms. The SMILES string of the molecule is Cc1c2c(cc3c4ccc([Si](C)(C)C)cc4c4c5ccccc5c[n+](C)c4c13)oc1ccccc12. The van der Waals surface area contributed by atoms with Gasteiger partial charge >= 0.3 is 0 Å². The third-order valence-electron chi connectivity index (χ3n) is 7.75. The van der Waals surface area contributed by atoms with Crippen molar-refractivity contribution in [2.45, 2.75) is 26.6 Å². The Morgan fingerprint density at radius 1 is 0.657 bits per heavy atom. The van der Waals surface area contributed by atoms with E-state index in [1.165, 1.54) is 64.7 Å². The molecule has 0 saturated carbocycles. The average molecular weight is 471 g/mol. The molecule has 0 saturated heterocycles. The Morgan fingerprint density at radius 2 is 1.37 bits per heavy atom. The molecule has 0 fully saturated rings. The summed E-state index contributed by atoms with van der Waals surface area (Å²) >= 11 is 0. The predicted octanol–water partition coefficient (Wildman–Crippen LogP) is 7.88. The Bertz CT molecular complexity index is 2010. The Labute approximate surface area is 205 Å². The van der Waals surface area contributed by atoms with E-state index in [1.54, 1.807) is 0 Å². The third kappa shape index (κ3) is 2.79. The normalized spacial score (nSPS) is 12.7. The molecule has 0 bridgehead atoms. The molecular weight excluding hydrogens is 442 g/mol. The maximum Gasteiger partial charge on any atom is 0.221 e. The van der Waals surface area contributed by atoms with Gasteiger partial charge in [0.05, 0.1) is 18.8 Å². The van der Waals surface area contributed by atoms with Crippen LogP contribution in [0.1, 0.15) is 5.56 Å². The van der Waals surface area contributed by atoms with E-state index in [9.17, 15) is 0 Å². The number of benzene rings is 5. The Kier molecular flexibility index (Phi) is 4.09. The minimum absolute atomic E-state index is 0.949. The number of furan rings is 1. The standard InChI is InChI=1S/C32H28NOSi/c1-19-29-24-12-8-9-13-27(24)34-28(29)17-26-23-15-14-21(35(3,4)5)16-25(23)31-22-11-7-6-10-20(22)18-33(2)32(31)30(19)26/h6-18H,1-5H3/q+1. The summed E-state index contributed by atoms with van der Waals surface area (Å²) in [6.07, 6.45) is 2.28. The minimum atomic E-state index is -1.49. The van der Waals surface area contributed by atoms with Crippen LogP contribution < -0.4 is 9.75 Å². The molecule has 2 aromatic heterocycles. The highest BCUT2D eigenvalue weighted by molar-refractivity contribution is 6.88. The fraction of sp³-hybridized carbons (Fsp3) is 0.156. The molecule has 0 radical (unpaired) electrons. The summed E-state index contributed by atoms with van der Waals surface area (Å²) in [5.41, 5.74) is 4.50. The van der Waals surface area contributed by atoms with Crippen molar-refractivity contribution in [1.82, 2.24) is 0 Å². The number of fused-ring (bicyclic) bond motifs is 11. The molecule has 0 aliphatic heterocycles. The van der Waals surface area contributed by atoms with E-state index < -0.39 is 8.07 Å². The molecule has 2 nitrogen and oxygen atoms in total. The van der Waals surface area contributed by atoms with Crippen LogP contribution in [0.15, 0.2) is 83.4 Å². The van der Waals surface area contributed by atoms with Crippen LogP contribution in [-0.4, -0.2) is 8.07 Å². The molecule has 0 N–H and O–H groups in total. The largest absolute Gasteiger partial charge is 0.456 e. The van der Waals surface area contributed by atoms with Crippen LogP contribution >= 0.6 is 0 Å². The van der Waals surface area contributed by atoms with E-state index in [1.807, 2.05) is 0 Å². The summed E-state index contributed by atoms with van der Waals surface area (Å²) in [6, 6.07) is 26.7. The molecule has 7 rings (SSSR count). The Hall–Kier alpha value is -3.69. The van der Waals surface area contributed by atoms with Gasteiger partial charge in [0.2, 0.25) is 5.52 Å². The first-order chi connectivity index (χ1) is 16.8. The van der Waals surface area contributed by atoms with E-state index >= 15 is 0 Å². The van der Waals surface area contributed by atoms with Gasteiger partial charge in [0.15, 0.2) is 6.20 Å². The van der Waals surface area contributed by atoms with Crippen LogP contribution in [0.3, 0.4) is 0 Å². The van der Waals surface area contributed by atoms with E-state index in [2.05, 4.69) is 117 Å². The zero-order chi connectivity index (χ0) is 24.1. The van der Waals surface area contributed by atoms with Crippen molar-refractivity contribution in [2.75, 3.05) is 0 Å². The monoisotopic (exact) mass is 470 g/mol. The summed E-state index contributed by atoms with van der Waals surface area (Å²) < 4.78 is 8.72. The number of nitrogens with zero attached hydrogens (tertiary/aromatic N) is 1. The molecule has 0 amide bonds. The van der Waals surface area contributed by atoms with E-state index in [-0.39, 0.29) is 0 Å². The van der Waals surface area contributed by atoms with Gasteiger partial charge in [0.1, 0.15) is 18.2 Å². The van der Waals surface area contributed by atoms with Crippen molar-refractivity contribution in [1.29, 1.82) is 0 Å². The van der Waals surface area contributed by atoms with Gasteiger partial charge in [0.25, 0.3) is 0 Å². The summed E-state index contributed by atoms with van der Waals surface area (Å²) in [4.78, 5) is 0. The lowest BCUT2D eigenvalue weighted by atomic mass is 9.90. The van der Waals surface area contributed by atoms with Crippen LogP contribution in [0, 0.1) is 6.92 Å². The molecule has 0 unspecified atom stereocenters. The smallest absolute Gasteiger partial charge is 0.221 e. The molecule has 0 spiro atoms. The highest BCUT2D eigenvalue weighted by Gasteiger charge is 2.25. The highest BCUT2D eigenvalue weighted by atomic mass is 28.3. The van der Waals surface area contributed by atoms with Crippen LogP contribution in [-0.2, 0) is 7.05 Å². The summed E-state index contributed by atoms with van der Waals surface area (Å²) in [6.45, 7) is 9.55. The maximum absolute atomic E-state index is 6.38. The van der Waals surface area contributed by atoms with Gasteiger partial charge in [0, 0.05) is 26.9 Å². The molecule has 0 aliphatic rings. The maximum atomic E-state index is 6.38. The quantitative estimate of drug-likeness (QED) is 0.135. The molecular formula is C32H28NOSi+. The number of hydrogen-bond acceptors (Lipinski definition) is 1. The Balaban J connectivity index is 1.84. The van der Waals surface area contributed by atoms with Gasteiger partial charge in [-0.05, 0) is 41.5 Å². The third-order valence-corrected chi connectivity index (χ3v) is 9.79. The van der Waals surface area contributed by atoms with Crippen LogP contribution in [0.2, 0.25) is 19.6 Å². The zero-order valence-corrected chi connectivity index (χ0v) is 21.9. The molecule has 5 aromatic carbocycles. The van der Waals surface area contributed by atoms with Gasteiger partial charge in [-0.1, -0.05) is 79.4 Å². The van der Waals surface area contributed by atoms with Crippen LogP contribution in [0.25, 0.3) is 65.2 Å². The summed E-state index contributed by atoms with van der Waals surface area (Å²) in [5.74, 6) is 0. The van der Waals surface area contributed by atoms with Crippen molar-refractivity contribution in [2.24, 2.45) is 7.05 Å². The number of hydrogen-bond donors (Lipinski definition) is 0. The van der Waals surface area contributed by atoms with Gasteiger partial charge in [-0.25, -0.2) is 0 Å². The molecule has 7 aromatic rings. The molecule has 2 heterocycles. The Morgan fingerprint density at radius 3 is 2.17 bits per heavy atom. The molecule has 0 aliphatic carbocycles.